The second kappa shape index (κ2) is 7.87. The molecule has 0 bridgehead atoms. The molecule has 0 unspecified atom stereocenters. The van der Waals surface area contributed by atoms with Crippen molar-refractivity contribution in [2.45, 2.75) is 19.5 Å². The van der Waals surface area contributed by atoms with Crippen molar-refractivity contribution in [2.75, 3.05) is 32.1 Å². The number of benzene rings is 1. The molecule has 0 heterocycles. The molecule has 1 aromatic carbocycles. The first kappa shape index (κ1) is 17.3. The number of rotatable bonds is 7. The van der Waals surface area contributed by atoms with E-state index in [0.29, 0.717) is 19.6 Å². The van der Waals surface area contributed by atoms with Gasteiger partial charge in [0.2, 0.25) is 0 Å². The van der Waals surface area contributed by atoms with E-state index in [1.54, 1.807) is 0 Å². The lowest BCUT2D eigenvalue weighted by Gasteiger charge is -2.18. The molecular formula is C14H19F3N2O2. The maximum absolute atomic E-state index is 13.0. The highest BCUT2D eigenvalue weighted by atomic mass is 19.4. The van der Waals surface area contributed by atoms with Crippen molar-refractivity contribution in [2.24, 2.45) is 0 Å². The van der Waals surface area contributed by atoms with Crippen LogP contribution in [0.4, 0.5) is 18.9 Å². The molecule has 0 spiro atoms. The van der Waals surface area contributed by atoms with Gasteiger partial charge in [0.25, 0.3) is 5.91 Å². The Bertz CT molecular complexity index is 476. The van der Waals surface area contributed by atoms with E-state index in [1.165, 1.54) is 19.2 Å². The minimum absolute atomic E-state index is 0.0191. The third kappa shape index (κ3) is 4.93. The molecule has 0 aliphatic carbocycles. The van der Waals surface area contributed by atoms with E-state index < -0.39 is 17.6 Å². The summed E-state index contributed by atoms with van der Waals surface area (Å²) in [5.74, 6) is -0.559. The first-order valence-corrected chi connectivity index (χ1v) is 6.63. The molecule has 1 rings (SSSR count). The molecule has 1 aromatic rings. The zero-order valence-corrected chi connectivity index (χ0v) is 12.0. The summed E-state index contributed by atoms with van der Waals surface area (Å²) in [6.45, 7) is 2.72. The van der Waals surface area contributed by atoms with Crippen molar-refractivity contribution in [3.63, 3.8) is 0 Å². The summed E-state index contributed by atoms with van der Waals surface area (Å²) < 4.78 is 43.9. The third-order valence-corrected chi connectivity index (χ3v) is 2.76. The van der Waals surface area contributed by atoms with E-state index in [0.717, 1.165) is 6.07 Å². The normalized spacial score (nSPS) is 11.3. The van der Waals surface area contributed by atoms with E-state index in [1.807, 2.05) is 6.92 Å². The first-order valence-electron chi connectivity index (χ1n) is 6.63. The smallest absolute Gasteiger partial charge is 0.384 e. The van der Waals surface area contributed by atoms with Crippen LogP contribution in [0.5, 0.6) is 0 Å². The summed E-state index contributed by atoms with van der Waals surface area (Å²) in [7, 11) is 1.48. The van der Waals surface area contributed by atoms with Gasteiger partial charge in [0, 0.05) is 20.2 Å². The highest BCUT2D eigenvalue weighted by Crippen LogP contribution is 2.36. The summed E-state index contributed by atoms with van der Waals surface area (Å²) in [6, 6.07) is 3.56. The predicted octanol–water partition coefficient (Wildman–Crippen LogP) is 2.90. The van der Waals surface area contributed by atoms with Gasteiger partial charge < -0.3 is 15.4 Å². The maximum atomic E-state index is 13.0. The monoisotopic (exact) mass is 304 g/mol. The number of methoxy groups -OCH3 is 1. The average Bonchev–Trinajstić information content (AvgIpc) is 2.43. The predicted molar refractivity (Wildman–Crippen MR) is 74.4 cm³/mol. The molecular weight excluding hydrogens is 285 g/mol. The number of carbonyl (C=O) groups is 1. The van der Waals surface area contributed by atoms with E-state index >= 15 is 0 Å². The van der Waals surface area contributed by atoms with Gasteiger partial charge in [-0.05, 0) is 18.6 Å². The number of carbonyl (C=O) groups excluding carboxylic acids is 1. The van der Waals surface area contributed by atoms with Crippen LogP contribution in [0.3, 0.4) is 0 Å². The number of anilines is 1. The van der Waals surface area contributed by atoms with Crippen LogP contribution in [0, 0.1) is 0 Å². The molecule has 0 aliphatic heterocycles. The van der Waals surface area contributed by atoms with Crippen LogP contribution < -0.4 is 10.6 Å². The molecule has 0 saturated heterocycles. The van der Waals surface area contributed by atoms with Crippen LogP contribution >= 0.6 is 0 Å². The Morgan fingerprint density at radius 2 is 2.00 bits per heavy atom. The Hall–Kier alpha value is -1.76. The highest BCUT2D eigenvalue weighted by Gasteiger charge is 2.35. The standard InChI is InChI=1S/C14H19F3N2O2/c1-3-7-18-12-10(13(20)19-8-9-21-2)5-4-6-11(12)14(15,16)17/h4-6,18H,3,7-9H2,1-2H3,(H,19,20). The third-order valence-electron chi connectivity index (χ3n) is 2.76. The molecule has 0 atom stereocenters. The Morgan fingerprint density at radius 3 is 2.57 bits per heavy atom. The summed E-state index contributed by atoms with van der Waals surface area (Å²) >= 11 is 0. The number of para-hydroxylation sites is 1. The van der Waals surface area contributed by atoms with Gasteiger partial charge in [0.15, 0.2) is 0 Å². The largest absolute Gasteiger partial charge is 0.418 e. The molecule has 0 fully saturated rings. The van der Waals surface area contributed by atoms with Crippen molar-refractivity contribution in [1.82, 2.24) is 5.32 Å². The Balaban J connectivity index is 3.09. The van der Waals surface area contributed by atoms with Gasteiger partial charge in [-0.15, -0.1) is 0 Å². The van der Waals surface area contributed by atoms with Crippen LogP contribution in [0.2, 0.25) is 0 Å². The second-order valence-electron chi connectivity index (χ2n) is 4.40. The van der Waals surface area contributed by atoms with E-state index in [2.05, 4.69) is 10.6 Å². The molecule has 7 heteroatoms. The van der Waals surface area contributed by atoms with Gasteiger partial charge in [-0.25, -0.2) is 0 Å². The fourth-order valence-corrected chi connectivity index (χ4v) is 1.78. The topological polar surface area (TPSA) is 50.4 Å². The SMILES string of the molecule is CCCNc1c(C(=O)NCCOC)cccc1C(F)(F)F. The lowest BCUT2D eigenvalue weighted by atomic mass is 10.1. The fraction of sp³-hybridized carbons (Fsp3) is 0.500. The zero-order chi connectivity index (χ0) is 15.9. The van der Waals surface area contributed by atoms with Crippen LogP contribution in [0.15, 0.2) is 18.2 Å². The van der Waals surface area contributed by atoms with Gasteiger partial charge in [0.1, 0.15) is 0 Å². The van der Waals surface area contributed by atoms with E-state index in [4.69, 9.17) is 4.74 Å². The highest BCUT2D eigenvalue weighted by molar-refractivity contribution is 6.00. The van der Waals surface area contributed by atoms with Crippen molar-refractivity contribution in [1.29, 1.82) is 0 Å². The Labute approximate surface area is 121 Å². The fourth-order valence-electron chi connectivity index (χ4n) is 1.78. The molecule has 118 valence electrons. The van der Waals surface area contributed by atoms with Crippen molar-refractivity contribution in [3.8, 4) is 0 Å². The lowest BCUT2D eigenvalue weighted by Crippen LogP contribution is -2.28. The molecule has 0 aliphatic rings. The molecule has 0 aromatic heterocycles. The van der Waals surface area contributed by atoms with E-state index in [9.17, 15) is 18.0 Å². The Kier molecular flexibility index (Phi) is 6.48. The second-order valence-corrected chi connectivity index (χ2v) is 4.40. The number of alkyl halides is 3. The first-order chi connectivity index (χ1) is 9.91. The zero-order valence-electron chi connectivity index (χ0n) is 12.0. The number of halogens is 3. The molecule has 0 radical (unpaired) electrons. The van der Waals surface area contributed by atoms with Crippen molar-refractivity contribution in [3.05, 3.63) is 29.3 Å². The van der Waals surface area contributed by atoms with Crippen molar-refractivity contribution >= 4 is 11.6 Å². The summed E-state index contributed by atoms with van der Waals surface area (Å²) in [5, 5.41) is 5.22. The Morgan fingerprint density at radius 1 is 1.29 bits per heavy atom. The summed E-state index contributed by atoms with van der Waals surface area (Å²) in [6.07, 6.45) is -3.87. The van der Waals surface area contributed by atoms with Crippen LogP contribution in [0.25, 0.3) is 0 Å². The minimum atomic E-state index is -4.51. The van der Waals surface area contributed by atoms with Gasteiger partial charge in [-0.1, -0.05) is 13.0 Å². The average molecular weight is 304 g/mol. The van der Waals surface area contributed by atoms with Crippen LogP contribution in [-0.2, 0) is 10.9 Å². The lowest BCUT2D eigenvalue weighted by molar-refractivity contribution is -0.137. The number of amides is 1. The van der Waals surface area contributed by atoms with Gasteiger partial charge >= 0.3 is 6.18 Å². The maximum Gasteiger partial charge on any atom is 0.418 e. The molecule has 21 heavy (non-hydrogen) atoms. The van der Waals surface area contributed by atoms with E-state index in [-0.39, 0.29) is 17.8 Å². The number of ether oxygens (including phenoxy) is 1. The molecule has 0 saturated carbocycles. The quantitative estimate of drug-likeness (QED) is 0.762. The number of hydrogen-bond donors (Lipinski definition) is 2. The van der Waals surface area contributed by atoms with Crippen LogP contribution in [-0.4, -0.2) is 32.7 Å². The van der Waals surface area contributed by atoms with Gasteiger partial charge in [-0.3, -0.25) is 4.79 Å². The summed E-state index contributed by atoms with van der Waals surface area (Å²) in [4.78, 5) is 12.0. The van der Waals surface area contributed by atoms with Gasteiger partial charge in [0.05, 0.1) is 23.4 Å². The minimum Gasteiger partial charge on any atom is -0.384 e. The molecule has 1 amide bonds. The number of nitrogens with one attached hydrogen (secondary N) is 2. The van der Waals surface area contributed by atoms with Crippen molar-refractivity contribution < 1.29 is 22.7 Å². The number of hydrogen-bond acceptors (Lipinski definition) is 3. The molecule has 4 nitrogen and oxygen atoms in total. The summed E-state index contributed by atoms with van der Waals surface area (Å²) in [5.41, 5.74) is -1.04. The van der Waals surface area contributed by atoms with Crippen LogP contribution in [0.1, 0.15) is 29.3 Å². The molecule has 2 N–H and O–H groups in total. The van der Waals surface area contributed by atoms with Gasteiger partial charge in [-0.2, -0.15) is 13.2 Å².